The number of aromatic amines is 1. The number of carbonyl (C=O) groups is 1. The van der Waals surface area contributed by atoms with Crippen LogP contribution in [0.25, 0.3) is 11.5 Å². The number of carboxylic acid groups (broad SMARTS) is 1. The van der Waals surface area contributed by atoms with E-state index in [1.165, 1.54) is 11.8 Å². The standard InChI is InChI=1S/C15H12ClN3O3S/c1-2-10-12(15(20)21)19-22-14(10)13-11(7-17-18-13)23-9-5-3-8(16)4-6-9/h3-7H,2H2,1H3,(H,17,18)(H,20,21). The molecular formula is C15H12ClN3O3S. The number of H-pyrrole nitrogens is 1. The van der Waals surface area contributed by atoms with Gasteiger partial charge in [0.2, 0.25) is 0 Å². The Morgan fingerprint density at radius 3 is 2.78 bits per heavy atom. The number of hydrogen-bond donors (Lipinski definition) is 2. The van der Waals surface area contributed by atoms with Crippen LogP contribution in [-0.2, 0) is 6.42 Å². The Balaban J connectivity index is 1.98. The lowest BCUT2D eigenvalue weighted by Crippen LogP contribution is -2.00. The van der Waals surface area contributed by atoms with Gasteiger partial charge in [0.1, 0.15) is 5.69 Å². The van der Waals surface area contributed by atoms with Crippen LogP contribution in [-0.4, -0.2) is 26.4 Å². The molecule has 0 radical (unpaired) electrons. The minimum Gasteiger partial charge on any atom is -0.476 e. The summed E-state index contributed by atoms with van der Waals surface area (Å²) >= 11 is 7.36. The third kappa shape index (κ3) is 3.11. The van der Waals surface area contributed by atoms with Gasteiger partial charge in [-0.1, -0.05) is 35.4 Å². The first-order chi connectivity index (χ1) is 11.1. The van der Waals surface area contributed by atoms with Crippen LogP contribution in [0.5, 0.6) is 0 Å². The number of aromatic carboxylic acids is 1. The molecule has 8 heteroatoms. The van der Waals surface area contributed by atoms with Crippen molar-refractivity contribution in [1.29, 1.82) is 0 Å². The van der Waals surface area contributed by atoms with Gasteiger partial charge in [-0.2, -0.15) is 5.10 Å². The molecule has 0 unspecified atom stereocenters. The van der Waals surface area contributed by atoms with Gasteiger partial charge >= 0.3 is 5.97 Å². The van der Waals surface area contributed by atoms with Gasteiger partial charge in [0.25, 0.3) is 0 Å². The van der Waals surface area contributed by atoms with E-state index in [1.54, 1.807) is 18.3 Å². The van der Waals surface area contributed by atoms with Crippen LogP contribution >= 0.6 is 23.4 Å². The molecule has 2 aromatic heterocycles. The summed E-state index contributed by atoms with van der Waals surface area (Å²) in [7, 11) is 0. The summed E-state index contributed by atoms with van der Waals surface area (Å²) < 4.78 is 5.24. The van der Waals surface area contributed by atoms with E-state index in [-0.39, 0.29) is 5.69 Å². The monoisotopic (exact) mass is 349 g/mol. The molecule has 2 N–H and O–H groups in total. The predicted molar refractivity (Wildman–Crippen MR) is 86.0 cm³/mol. The Kier molecular flexibility index (Phi) is 4.40. The van der Waals surface area contributed by atoms with Gasteiger partial charge in [-0.25, -0.2) is 4.79 Å². The highest BCUT2D eigenvalue weighted by molar-refractivity contribution is 7.99. The molecule has 3 aromatic rings. The van der Waals surface area contributed by atoms with Crippen LogP contribution in [0.4, 0.5) is 0 Å². The lowest BCUT2D eigenvalue weighted by molar-refractivity contribution is 0.0685. The topological polar surface area (TPSA) is 92.0 Å². The van der Waals surface area contributed by atoms with Gasteiger partial charge in [-0.3, -0.25) is 5.10 Å². The Morgan fingerprint density at radius 2 is 2.13 bits per heavy atom. The van der Waals surface area contributed by atoms with Crippen molar-refractivity contribution in [2.45, 2.75) is 23.1 Å². The highest BCUT2D eigenvalue weighted by Gasteiger charge is 2.24. The van der Waals surface area contributed by atoms with Crippen molar-refractivity contribution in [2.75, 3.05) is 0 Å². The number of nitrogens with one attached hydrogen (secondary N) is 1. The molecule has 0 amide bonds. The number of nitrogens with zero attached hydrogens (tertiary/aromatic N) is 2. The summed E-state index contributed by atoms with van der Waals surface area (Å²) in [6, 6.07) is 7.40. The average molecular weight is 350 g/mol. The Labute approximate surface area is 140 Å². The summed E-state index contributed by atoms with van der Waals surface area (Å²) in [6.07, 6.45) is 2.22. The lowest BCUT2D eigenvalue weighted by atomic mass is 10.1. The number of rotatable bonds is 5. The normalized spacial score (nSPS) is 10.9. The fourth-order valence-corrected chi connectivity index (χ4v) is 3.14. The molecule has 0 spiro atoms. The molecule has 0 aliphatic heterocycles. The van der Waals surface area contributed by atoms with E-state index in [9.17, 15) is 4.79 Å². The fraction of sp³-hybridized carbons (Fsp3) is 0.133. The van der Waals surface area contributed by atoms with Crippen LogP contribution < -0.4 is 0 Å². The molecule has 0 saturated carbocycles. The molecule has 1 aromatic carbocycles. The number of halogens is 1. The molecule has 0 atom stereocenters. The zero-order valence-corrected chi connectivity index (χ0v) is 13.6. The van der Waals surface area contributed by atoms with Crippen LogP contribution in [0.3, 0.4) is 0 Å². The van der Waals surface area contributed by atoms with E-state index in [0.29, 0.717) is 28.5 Å². The van der Waals surface area contributed by atoms with E-state index in [2.05, 4.69) is 15.4 Å². The number of hydrogen-bond acceptors (Lipinski definition) is 5. The Bertz CT molecular complexity index is 842. The van der Waals surface area contributed by atoms with Gasteiger partial charge in [0.15, 0.2) is 11.5 Å². The van der Waals surface area contributed by atoms with Crippen molar-refractivity contribution in [3.05, 3.63) is 46.7 Å². The minimum atomic E-state index is -1.11. The summed E-state index contributed by atoms with van der Waals surface area (Å²) in [6.45, 7) is 1.85. The highest BCUT2D eigenvalue weighted by Crippen LogP contribution is 2.37. The van der Waals surface area contributed by atoms with Gasteiger partial charge in [0.05, 0.1) is 4.90 Å². The Morgan fingerprint density at radius 1 is 1.39 bits per heavy atom. The third-order valence-corrected chi connectivity index (χ3v) is 4.50. The zero-order valence-electron chi connectivity index (χ0n) is 12.0. The summed E-state index contributed by atoms with van der Waals surface area (Å²) in [5.74, 6) is -0.734. The average Bonchev–Trinajstić information content (AvgIpc) is 3.15. The van der Waals surface area contributed by atoms with Crippen LogP contribution in [0.15, 0.2) is 44.8 Å². The maximum absolute atomic E-state index is 11.2. The SMILES string of the molecule is CCc1c(C(=O)O)noc1-c1n[nH]cc1Sc1ccc(Cl)cc1. The number of carboxylic acids is 1. The molecule has 0 saturated heterocycles. The molecular weight excluding hydrogens is 338 g/mol. The van der Waals surface area contributed by atoms with E-state index in [1.807, 2.05) is 19.1 Å². The largest absolute Gasteiger partial charge is 0.476 e. The molecule has 0 fully saturated rings. The minimum absolute atomic E-state index is 0.0760. The highest BCUT2D eigenvalue weighted by atomic mass is 35.5. The van der Waals surface area contributed by atoms with E-state index >= 15 is 0 Å². The van der Waals surface area contributed by atoms with Gasteiger partial charge in [-0.05, 0) is 30.7 Å². The fourth-order valence-electron chi connectivity index (χ4n) is 2.14. The first kappa shape index (κ1) is 15.6. The summed E-state index contributed by atoms with van der Waals surface area (Å²) in [5, 5.41) is 20.4. The first-order valence-electron chi connectivity index (χ1n) is 6.79. The lowest BCUT2D eigenvalue weighted by Gasteiger charge is -2.02. The van der Waals surface area contributed by atoms with Crippen molar-refractivity contribution >= 4 is 29.3 Å². The molecule has 2 heterocycles. The van der Waals surface area contributed by atoms with Crippen molar-refractivity contribution in [3.8, 4) is 11.5 Å². The maximum Gasteiger partial charge on any atom is 0.358 e. The van der Waals surface area contributed by atoms with Crippen molar-refractivity contribution in [3.63, 3.8) is 0 Å². The molecule has 3 rings (SSSR count). The second-order valence-corrected chi connectivity index (χ2v) is 6.20. The molecule has 0 aliphatic carbocycles. The van der Waals surface area contributed by atoms with Gasteiger partial charge in [-0.15, -0.1) is 0 Å². The van der Waals surface area contributed by atoms with E-state index < -0.39 is 5.97 Å². The van der Waals surface area contributed by atoms with E-state index in [4.69, 9.17) is 21.2 Å². The molecule has 0 bridgehead atoms. The number of aromatic nitrogens is 3. The molecule has 23 heavy (non-hydrogen) atoms. The van der Waals surface area contributed by atoms with Crippen LogP contribution in [0.1, 0.15) is 23.0 Å². The van der Waals surface area contributed by atoms with Crippen molar-refractivity contribution in [1.82, 2.24) is 15.4 Å². The second kappa shape index (κ2) is 6.47. The third-order valence-electron chi connectivity index (χ3n) is 3.21. The zero-order chi connectivity index (χ0) is 16.4. The maximum atomic E-state index is 11.2. The quantitative estimate of drug-likeness (QED) is 0.719. The number of benzene rings is 1. The summed E-state index contributed by atoms with van der Waals surface area (Å²) in [5.41, 5.74) is 0.997. The van der Waals surface area contributed by atoms with Crippen molar-refractivity contribution < 1.29 is 14.4 Å². The van der Waals surface area contributed by atoms with Crippen molar-refractivity contribution in [2.24, 2.45) is 0 Å². The Hall–Kier alpha value is -2.25. The van der Waals surface area contributed by atoms with Crippen LogP contribution in [0.2, 0.25) is 5.02 Å². The van der Waals surface area contributed by atoms with Crippen LogP contribution in [0, 0.1) is 0 Å². The van der Waals surface area contributed by atoms with Gasteiger partial charge < -0.3 is 9.63 Å². The molecule has 0 aliphatic rings. The first-order valence-corrected chi connectivity index (χ1v) is 7.99. The predicted octanol–water partition coefficient (Wildman–Crippen LogP) is 4.13. The smallest absolute Gasteiger partial charge is 0.358 e. The molecule has 6 nitrogen and oxygen atoms in total. The second-order valence-electron chi connectivity index (χ2n) is 4.65. The summed E-state index contributed by atoms with van der Waals surface area (Å²) in [4.78, 5) is 13.0. The van der Waals surface area contributed by atoms with E-state index in [0.717, 1.165) is 9.79 Å². The molecule has 118 valence electrons. The van der Waals surface area contributed by atoms with Gasteiger partial charge in [0, 0.05) is 21.7 Å².